The summed E-state index contributed by atoms with van der Waals surface area (Å²) in [5, 5.41) is 18.3. The van der Waals surface area contributed by atoms with E-state index in [1.807, 2.05) is 34.9 Å². The Morgan fingerprint density at radius 2 is 2.15 bits per heavy atom. The molecule has 0 atom stereocenters. The molecule has 0 aliphatic rings. The van der Waals surface area contributed by atoms with Gasteiger partial charge < -0.3 is 9.55 Å². The second kappa shape index (κ2) is 4.49. The minimum Gasteiger partial charge on any atom is -0.339 e. The number of fused-ring (bicyclic) bond motifs is 3. The first-order valence-corrected chi connectivity index (χ1v) is 6.57. The molecule has 0 aliphatic carbocycles. The molecule has 0 fully saturated rings. The van der Waals surface area contributed by atoms with Crippen LogP contribution in [0.25, 0.3) is 22.1 Å². The van der Waals surface area contributed by atoms with Gasteiger partial charge >= 0.3 is 0 Å². The number of H-pyrrole nitrogens is 1. The fraction of sp³-hybridized carbons (Fsp3) is 0.267. The molecule has 100 valence electrons. The lowest BCUT2D eigenvalue weighted by atomic mass is 10.2. The van der Waals surface area contributed by atoms with E-state index in [1.165, 1.54) is 0 Å². The normalized spacial score (nSPS) is 11.3. The highest BCUT2D eigenvalue weighted by molar-refractivity contribution is 6.03. The minimum absolute atomic E-state index is 0.167. The van der Waals surface area contributed by atoms with E-state index in [-0.39, 0.29) is 11.2 Å². The van der Waals surface area contributed by atoms with Crippen LogP contribution in [0.4, 0.5) is 0 Å². The third-order valence-electron chi connectivity index (χ3n) is 3.30. The highest BCUT2D eigenvalue weighted by Crippen LogP contribution is 2.23. The quantitative estimate of drug-likeness (QED) is 0.746. The Labute approximate surface area is 116 Å². The zero-order chi connectivity index (χ0) is 14.3. The van der Waals surface area contributed by atoms with Crippen LogP contribution in [-0.2, 0) is 6.54 Å². The van der Waals surface area contributed by atoms with Gasteiger partial charge in [0.25, 0.3) is 0 Å². The molecule has 0 aliphatic heterocycles. The zero-order valence-electron chi connectivity index (χ0n) is 11.4. The van der Waals surface area contributed by atoms with Gasteiger partial charge in [0.2, 0.25) is 0 Å². The molecule has 20 heavy (non-hydrogen) atoms. The molecular weight excluding hydrogens is 250 g/mol. The molecule has 2 heterocycles. The summed E-state index contributed by atoms with van der Waals surface area (Å²) >= 11 is 0. The summed E-state index contributed by atoms with van der Waals surface area (Å²) in [7, 11) is 0. The first-order chi connectivity index (χ1) is 9.61. The van der Waals surface area contributed by atoms with Crippen LogP contribution in [0.5, 0.6) is 0 Å². The highest BCUT2D eigenvalue weighted by Gasteiger charge is 2.13. The van der Waals surface area contributed by atoms with Crippen LogP contribution >= 0.6 is 0 Å². The van der Waals surface area contributed by atoms with Crippen molar-refractivity contribution in [2.24, 2.45) is 5.92 Å². The summed E-state index contributed by atoms with van der Waals surface area (Å²) in [5.74, 6) is 0.382. The minimum atomic E-state index is 0.167. The van der Waals surface area contributed by atoms with Gasteiger partial charge in [0.05, 0.1) is 0 Å². The Morgan fingerprint density at radius 1 is 1.40 bits per heavy atom. The number of nitrogens with zero attached hydrogens (tertiary/aromatic N) is 3. The highest BCUT2D eigenvalue weighted by atomic mass is 15.1. The number of hydrogen-bond donors (Lipinski definition) is 2. The largest absolute Gasteiger partial charge is 0.339 e. The lowest BCUT2D eigenvalue weighted by Gasteiger charge is -2.11. The number of aromatic nitrogens is 3. The lowest BCUT2D eigenvalue weighted by molar-refractivity contribution is 0.512. The van der Waals surface area contributed by atoms with E-state index in [0.717, 1.165) is 22.1 Å². The summed E-state index contributed by atoms with van der Waals surface area (Å²) < 4.78 is 1.84. The standard InChI is InChI=1S/C15H15N5/c1-9(2)8-20-14(17)12(7-16)18-13-10-5-3-4-6-11(10)19-15(13)20/h3-6,9,17,19H,8H2,1-2H3. The zero-order valence-corrected chi connectivity index (χ0v) is 11.4. The van der Waals surface area contributed by atoms with Crippen molar-refractivity contribution in [1.29, 1.82) is 10.7 Å². The van der Waals surface area contributed by atoms with Gasteiger partial charge in [-0.2, -0.15) is 5.26 Å². The van der Waals surface area contributed by atoms with Gasteiger partial charge in [0.15, 0.2) is 11.2 Å². The fourth-order valence-electron chi connectivity index (χ4n) is 2.45. The van der Waals surface area contributed by atoms with Crippen LogP contribution in [-0.4, -0.2) is 14.5 Å². The second-order valence-corrected chi connectivity index (χ2v) is 5.29. The van der Waals surface area contributed by atoms with Crippen LogP contribution in [0.2, 0.25) is 0 Å². The molecule has 1 aromatic carbocycles. The Morgan fingerprint density at radius 3 is 2.85 bits per heavy atom. The van der Waals surface area contributed by atoms with Crippen LogP contribution in [0.1, 0.15) is 19.5 Å². The Hall–Kier alpha value is -2.61. The first-order valence-electron chi connectivity index (χ1n) is 6.57. The molecule has 0 radical (unpaired) electrons. The van der Waals surface area contributed by atoms with Crippen molar-refractivity contribution >= 4 is 22.1 Å². The maximum absolute atomic E-state index is 9.19. The van der Waals surface area contributed by atoms with Crippen molar-refractivity contribution in [2.75, 3.05) is 0 Å². The summed E-state index contributed by atoms with van der Waals surface area (Å²) in [4.78, 5) is 7.66. The predicted octanol–water partition coefficient (Wildman–Crippen LogP) is 2.52. The van der Waals surface area contributed by atoms with Gasteiger partial charge in [0.1, 0.15) is 17.2 Å². The maximum Gasteiger partial charge on any atom is 0.183 e. The summed E-state index contributed by atoms with van der Waals surface area (Å²) in [6.45, 7) is 4.86. The van der Waals surface area contributed by atoms with Crippen molar-refractivity contribution in [2.45, 2.75) is 20.4 Å². The molecule has 5 heteroatoms. The van der Waals surface area contributed by atoms with E-state index in [2.05, 4.69) is 23.8 Å². The van der Waals surface area contributed by atoms with Gasteiger partial charge in [0, 0.05) is 17.4 Å². The van der Waals surface area contributed by atoms with E-state index in [0.29, 0.717) is 12.5 Å². The molecule has 2 N–H and O–H groups in total. The number of aromatic amines is 1. The molecule has 0 bridgehead atoms. The summed E-state index contributed by atoms with van der Waals surface area (Å²) in [6.07, 6.45) is 0. The summed E-state index contributed by atoms with van der Waals surface area (Å²) in [5.41, 5.74) is 2.88. The van der Waals surface area contributed by atoms with E-state index in [9.17, 15) is 5.26 Å². The van der Waals surface area contributed by atoms with Gasteiger partial charge in [-0.15, -0.1) is 0 Å². The number of nitrogens with one attached hydrogen (secondary N) is 2. The smallest absolute Gasteiger partial charge is 0.183 e. The molecule has 0 unspecified atom stereocenters. The number of nitriles is 1. The Balaban J connectivity index is 2.48. The van der Waals surface area contributed by atoms with Gasteiger partial charge in [-0.3, -0.25) is 5.41 Å². The lowest BCUT2D eigenvalue weighted by Crippen LogP contribution is -2.26. The molecule has 0 saturated heterocycles. The van der Waals surface area contributed by atoms with Crippen LogP contribution < -0.4 is 5.49 Å². The molecule has 2 aromatic heterocycles. The van der Waals surface area contributed by atoms with Gasteiger partial charge in [-0.25, -0.2) is 4.98 Å². The molecular formula is C15H15N5. The molecule has 0 amide bonds. The molecule has 0 saturated carbocycles. The molecule has 0 spiro atoms. The van der Waals surface area contributed by atoms with Crippen molar-refractivity contribution in [3.63, 3.8) is 0 Å². The Bertz CT molecular complexity index is 892. The third kappa shape index (κ3) is 1.77. The second-order valence-electron chi connectivity index (χ2n) is 5.29. The van der Waals surface area contributed by atoms with Crippen molar-refractivity contribution in [1.82, 2.24) is 14.5 Å². The molecule has 3 rings (SSSR count). The van der Waals surface area contributed by atoms with Crippen LogP contribution in [0.3, 0.4) is 0 Å². The monoisotopic (exact) mass is 265 g/mol. The van der Waals surface area contributed by atoms with Gasteiger partial charge in [-0.1, -0.05) is 32.0 Å². The predicted molar refractivity (Wildman–Crippen MR) is 77.0 cm³/mol. The van der Waals surface area contributed by atoms with E-state index < -0.39 is 0 Å². The van der Waals surface area contributed by atoms with Crippen molar-refractivity contribution < 1.29 is 0 Å². The Kier molecular flexibility index (Phi) is 2.79. The number of benzene rings is 1. The first kappa shape index (κ1) is 12.4. The summed E-state index contributed by atoms with van der Waals surface area (Å²) in [6, 6.07) is 9.88. The van der Waals surface area contributed by atoms with E-state index in [1.54, 1.807) is 0 Å². The number of hydrogen-bond acceptors (Lipinski definition) is 3. The fourth-order valence-corrected chi connectivity index (χ4v) is 2.45. The third-order valence-corrected chi connectivity index (χ3v) is 3.30. The van der Waals surface area contributed by atoms with E-state index in [4.69, 9.17) is 5.41 Å². The SMILES string of the molecule is CC(C)Cn1c(=N)c(C#N)nc2c3ccccc3[nH]c21. The van der Waals surface area contributed by atoms with Crippen LogP contribution in [0, 0.1) is 22.7 Å². The molecule has 3 aromatic rings. The van der Waals surface area contributed by atoms with E-state index >= 15 is 0 Å². The topological polar surface area (TPSA) is 81.2 Å². The average Bonchev–Trinajstić information content (AvgIpc) is 2.80. The van der Waals surface area contributed by atoms with Crippen LogP contribution in [0.15, 0.2) is 24.3 Å². The average molecular weight is 265 g/mol. The van der Waals surface area contributed by atoms with Crippen molar-refractivity contribution in [3.05, 3.63) is 35.4 Å². The molecule has 5 nitrogen and oxygen atoms in total. The number of para-hydroxylation sites is 1. The number of rotatable bonds is 2. The van der Waals surface area contributed by atoms with Crippen molar-refractivity contribution in [3.8, 4) is 6.07 Å². The maximum atomic E-state index is 9.19. The van der Waals surface area contributed by atoms with Gasteiger partial charge in [-0.05, 0) is 12.0 Å².